The van der Waals surface area contributed by atoms with Crippen molar-refractivity contribution in [2.24, 2.45) is 16.7 Å². The fraction of sp³-hybridized carbons (Fsp3) is 0.818. The summed E-state index contributed by atoms with van der Waals surface area (Å²) in [5.74, 6) is -0.101. The number of rotatable bonds is 2. The van der Waals surface area contributed by atoms with Crippen molar-refractivity contribution in [2.75, 3.05) is 5.75 Å². The molecule has 2 fully saturated rings. The van der Waals surface area contributed by atoms with E-state index in [-0.39, 0.29) is 17.1 Å². The lowest BCUT2D eigenvalue weighted by Gasteiger charge is -2.35. The molecule has 2 bridgehead atoms. The summed E-state index contributed by atoms with van der Waals surface area (Å²) in [6, 6.07) is 0. The summed E-state index contributed by atoms with van der Waals surface area (Å²) >= 11 is 0. The van der Waals surface area contributed by atoms with E-state index >= 15 is 0 Å². The Labute approximate surface area is 101 Å². The van der Waals surface area contributed by atoms with Crippen molar-refractivity contribution in [3.05, 3.63) is 0 Å². The molecule has 0 amide bonds. The molecule has 5 nitrogen and oxygen atoms in total. The maximum Gasteiger partial charge on any atom is 0.265 e. The number of carbonyl (C=O) groups excluding carboxylic acids is 2. The molecule has 2 aliphatic carbocycles. The molecule has 2 unspecified atom stereocenters. The first-order valence-electron chi connectivity index (χ1n) is 5.46. The Balaban J connectivity index is 0.000000686. The van der Waals surface area contributed by atoms with Crippen molar-refractivity contribution < 1.29 is 22.6 Å². The van der Waals surface area contributed by atoms with E-state index in [1.807, 2.05) is 20.6 Å². The molecule has 0 aromatic carbocycles. The average molecular weight is 262 g/mol. The highest BCUT2D eigenvalue weighted by Crippen LogP contribution is 2.64. The largest absolute Gasteiger partial charge is 0.307 e. The number of ketones is 1. The van der Waals surface area contributed by atoms with E-state index < -0.39 is 21.3 Å². The molecule has 0 radical (unpaired) electrons. The third kappa shape index (κ3) is 2.04. The molecule has 0 saturated heterocycles. The van der Waals surface area contributed by atoms with Gasteiger partial charge in [0.1, 0.15) is 12.6 Å². The van der Waals surface area contributed by atoms with Crippen LogP contribution in [0.3, 0.4) is 0 Å². The molecule has 2 aliphatic rings. The zero-order valence-electron chi connectivity index (χ0n) is 10.1. The summed E-state index contributed by atoms with van der Waals surface area (Å²) in [6.45, 7) is 5.89. The quantitative estimate of drug-likeness (QED) is 0.752. The van der Waals surface area contributed by atoms with Gasteiger partial charge in [-0.05, 0) is 24.2 Å². The van der Waals surface area contributed by atoms with Gasteiger partial charge in [0.2, 0.25) is 0 Å². The van der Waals surface area contributed by atoms with E-state index in [4.69, 9.17) is 9.35 Å². The number of hydrogen-bond acceptors (Lipinski definition) is 4. The molecule has 0 aliphatic heterocycles. The summed E-state index contributed by atoms with van der Waals surface area (Å²) in [4.78, 5) is 19.9. The highest BCUT2D eigenvalue weighted by atomic mass is 32.2. The van der Waals surface area contributed by atoms with Gasteiger partial charge in [-0.3, -0.25) is 9.35 Å². The first-order valence-corrected chi connectivity index (χ1v) is 7.07. The van der Waals surface area contributed by atoms with E-state index in [2.05, 4.69) is 0 Å². The maximum atomic E-state index is 11.9. The van der Waals surface area contributed by atoms with Crippen molar-refractivity contribution in [3.63, 3.8) is 0 Å². The van der Waals surface area contributed by atoms with Crippen LogP contribution in [0.2, 0.25) is 0 Å². The van der Waals surface area contributed by atoms with Gasteiger partial charge in [-0.15, -0.1) is 0 Å². The van der Waals surface area contributed by atoms with Crippen molar-refractivity contribution in [1.29, 1.82) is 0 Å². The molecular formula is C11H18O5S. The summed E-state index contributed by atoms with van der Waals surface area (Å²) in [5.41, 5.74) is -1.12. The standard InChI is InChI=1S/C10H16O4S.CH2O/c1-9(2)7-3-4-10(9,8(11)5-7)6-15(12,13)14;1-2/h7H,3-6H2,1-2H3,(H,12,13,14);1H2. The van der Waals surface area contributed by atoms with Gasteiger partial charge in [-0.1, -0.05) is 13.8 Å². The van der Waals surface area contributed by atoms with Crippen LogP contribution in [0.25, 0.3) is 0 Å². The molecule has 2 saturated carbocycles. The highest BCUT2D eigenvalue weighted by molar-refractivity contribution is 7.85. The monoisotopic (exact) mass is 262 g/mol. The Morgan fingerprint density at radius 1 is 1.41 bits per heavy atom. The van der Waals surface area contributed by atoms with Crippen LogP contribution in [0, 0.1) is 16.7 Å². The van der Waals surface area contributed by atoms with E-state index in [1.165, 1.54) is 0 Å². The highest BCUT2D eigenvalue weighted by Gasteiger charge is 2.65. The molecule has 0 spiro atoms. The summed E-state index contributed by atoms with van der Waals surface area (Å²) in [7, 11) is -4.08. The number of hydrogen-bond donors (Lipinski definition) is 1. The Bertz CT molecular complexity index is 425. The minimum atomic E-state index is -4.08. The average Bonchev–Trinajstić information content (AvgIpc) is 2.52. The van der Waals surface area contributed by atoms with E-state index in [1.54, 1.807) is 0 Å². The van der Waals surface area contributed by atoms with Gasteiger partial charge in [0.15, 0.2) is 0 Å². The molecule has 2 rings (SSSR count). The van der Waals surface area contributed by atoms with Crippen LogP contribution in [0.1, 0.15) is 33.1 Å². The third-order valence-electron chi connectivity index (χ3n) is 4.57. The molecule has 2 atom stereocenters. The number of carbonyl (C=O) groups is 2. The third-order valence-corrected chi connectivity index (χ3v) is 5.43. The van der Waals surface area contributed by atoms with E-state index in [0.717, 1.165) is 6.42 Å². The Morgan fingerprint density at radius 3 is 2.24 bits per heavy atom. The van der Waals surface area contributed by atoms with E-state index in [0.29, 0.717) is 12.8 Å². The lowest BCUT2D eigenvalue weighted by molar-refractivity contribution is -0.128. The van der Waals surface area contributed by atoms with E-state index in [9.17, 15) is 13.2 Å². The maximum absolute atomic E-state index is 11.9. The zero-order chi connectivity index (χ0) is 13.5. The molecule has 98 valence electrons. The van der Waals surface area contributed by atoms with Gasteiger partial charge in [0.25, 0.3) is 10.1 Å². The van der Waals surface area contributed by atoms with Gasteiger partial charge < -0.3 is 4.79 Å². The Kier molecular flexibility index (Phi) is 3.51. The first kappa shape index (κ1) is 14.3. The Hall–Kier alpha value is -0.750. The topological polar surface area (TPSA) is 88.5 Å². The molecular weight excluding hydrogens is 244 g/mol. The zero-order valence-corrected chi connectivity index (χ0v) is 10.9. The normalized spacial score (nSPS) is 34.3. The van der Waals surface area contributed by atoms with Gasteiger partial charge in [0.05, 0.1) is 11.2 Å². The SMILES string of the molecule is C=O.CC1(C)C2CCC1(CS(=O)(=O)O)C(=O)C2. The van der Waals surface area contributed by atoms with Crippen LogP contribution in [0.5, 0.6) is 0 Å². The predicted octanol–water partition coefficient (Wildman–Crippen LogP) is 1.08. The van der Waals surface area contributed by atoms with Crippen LogP contribution in [-0.2, 0) is 19.7 Å². The van der Waals surface area contributed by atoms with Gasteiger partial charge in [0, 0.05) is 6.42 Å². The summed E-state index contributed by atoms with van der Waals surface area (Å²) in [5, 5.41) is 0. The van der Waals surface area contributed by atoms with Crippen molar-refractivity contribution in [3.8, 4) is 0 Å². The molecule has 0 aromatic heterocycles. The van der Waals surface area contributed by atoms with Crippen molar-refractivity contribution in [1.82, 2.24) is 0 Å². The fourth-order valence-corrected chi connectivity index (χ4v) is 4.72. The molecule has 1 N–H and O–H groups in total. The first-order chi connectivity index (χ1) is 7.69. The van der Waals surface area contributed by atoms with Crippen LogP contribution >= 0.6 is 0 Å². The number of Topliss-reactive ketones (excluding diaryl/α,β-unsaturated/α-hetero) is 1. The minimum absolute atomic E-state index is 0.0152. The minimum Gasteiger partial charge on any atom is -0.307 e. The summed E-state index contributed by atoms with van der Waals surface area (Å²) in [6.07, 6.45) is 1.97. The lowest BCUT2D eigenvalue weighted by atomic mass is 9.70. The Morgan fingerprint density at radius 2 is 1.94 bits per heavy atom. The second-order valence-electron chi connectivity index (χ2n) is 5.39. The van der Waals surface area contributed by atoms with Crippen LogP contribution < -0.4 is 0 Å². The van der Waals surface area contributed by atoms with Gasteiger partial charge >= 0.3 is 0 Å². The van der Waals surface area contributed by atoms with Crippen molar-refractivity contribution >= 4 is 22.7 Å². The smallest absolute Gasteiger partial charge is 0.265 e. The molecule has 6 heteroatoms. The second kappa shape index (κ2) is 4.17. The van der Waals surface area contributed by atoms with Gasteiger partial charge in [-0.2, -0.15) is 8.42 Å². The second-order valence-corrected chi connectivity index (χ2v) is 6.85. The lowest BCUT2D eigenvalue weighted by Crippen LogP contribution is -2.42. The van der Waals surface area contributed by atoms with Crippen LogP contribution in [0.15, 0.2) is 0 Å². The number of fused-ring (bicyclic) bond motifs is 2. The molecule has 0 heterocycles. The van der Waals surface area contributed by atoms with Crippen LogP contribution in [-0.4, -0.2) is 31.3 Å². The van der Waals surface area contributed by atoms with Gasteiger partial charge in [-0.25, -0.2) is 0 Å². The molecule has 0 aromatic rings. The predicted molar refractivity (Wildman–Crippen MR) is 62.1 cm³/mol. The fourth-order valence-electron chi connectivity index (χ4n) is 3.42. The molecule has 17 heavy (non-hydrogen) atoms. The van der Waals surface area contributed by atoms with Crippen LogP contribution in [0.4, 0.5) is 0 Å². The summed E-state index contributed by atoms with van der Waals surface area (Å²) < 4.78 is 31.0. The van der Waals surface area contributed by atoms with Crippen molar-refractivity contribution in [2.45, 2.75) is 33.1 Å².